The summed E-state index contributed by atoms with van der Waals surface area (Å²) in [5.74, 6) is -1.42. The van der Waals surface area contributed by atoms with Gasteiger partial charge in [0.2, 0.25) is 0 Å². The second kappa shape index (κ2) is 4.74. The van der Waals surface area contributed by atoms with Gasteiger partial charge in [0.25, 0.3) is 5.56 Å². The fraction of sp³-hybridized carbons (Fsp3) is 0.0833. The molecule has 0 aliphatic carbocycles. The van der Waals surface area contributed by atoms with Crippen molar-refractivity contribution in [3.05, 3.63) is 61.4 Å². The predicted molar refractivity (Wildman–Crippen MR) is 69.4 cm³/mol. The first-order chi connectivity index (χ1) is 8.90. The maximum absolute atomic E-state index is 11.7. The lowest BCUT2D eigenvalue weighted by Crippen LogP contribution is -2.32. The number of rotatable bonds is 2. The van der Waals surface area contributed by atoms with Crippen LogP contribution in [0.5, 0.6) is 0 Å². The second-order valence-corrected chi connectivity index (χ2v) is 4.34. The number of carboxylic acids is 1. The average molecular weight is 281 g/mol. The summed E-state index contributed by atoms with van der Waals surface area (Å²) >= 11 is 6.01. The molecule has 1 heterocycles. The molecular formula is C12H9ClN2O4. The van der Waals surface area contributed by atoms with E-state index in [-0.39, 0.29) is 5.02 Å². The SMILES string of the molecule is Cc1ccc(-n2cc(C(=O)O)c(=O)[nH]c2=O)c(Cl)c1. The third kappa shape index (κ3) is 2.43. The lowest BCUT2D eigenvalue weighted by atomic mass is 10.2. The molecule has 0 atom stereocenters. The quantitative estimate of drug-likeness (QED) is 0.864. The topological polar surface area (TPSA) is 92.2 Å². The van der Waals surface area contributed by atoms with Crippen LogP contribution in [0.2, 0.25) is 5.02 Å². The smallest absolute Gasteiger partial charge is 0.342 e. The van der Waals surface area contributed by atoms with Crippen LogP contribution in [0.1, 0.15) is 15.9 Å². The van der Waals surface area contributed by atoms with Crippen molar-refractivity contribution in [3.63, 3.8) is 0 Å². The third-order valence-corrected chi connectivity index (χ3v) is 2.84. The minimum Gasteiger partial charge on any atom is -0.477 e. The fourth-order valence-electron chi connectivity index (χ4n) is 1.61. The normalized spacial score (nSPS) is 10.4. The average Bonchev–Trinajstić information content (AvgIpc) is 2.30. The molecule has 1 aromatic heterocycles. The highest BCUT2D eigenvalue weighted by molar-refractivity contribution is 6.32. The molecule has 98 valence electrons. The number of aromatic carboxylic acids is 1. The van der Waals surface area contributed by atoms with Gasteiger partial charge in [-0.15, -0.1) is 0 Å². The summed E-state index contributed by atoms with van der Waals surface area (Å²) in [5, 5.41) is 9.16. The maximum Gasteiger partial charge on any atom is 0.342 e. The molecule has 0 fully saturated rings. The number of hydrogen-bond acceptors (Lipinski definition) is 3. The first-order valence-corrected chi connectivity index (χ1v) is 5.64. The van der Waals surface area contributed by atoms with Crippen LogP contribution in [0.25, 0.3) is 5.69 Å². The Bertz CT molecular complexity index is 776. The number of nitrogens with zero attached hydrogens (tertiary/aromatic N) is 1. The van der Waals surface area contributed by atoms with Crippen LogP contribution in [-0.4, -0.2) is 20.6 Å². The van der Waals surface area contributed by atoms with E-state index in [0.717, 1.165) is 16.3 Å². The van der Waals surface area contributed by atoms with Crippen molar-refractivity contribution in [2.75, 3.05) is 0 Å². The highest BCUT2D eigenvalue weighted by Crippen LogP contribution is 2.20. The maximum atomic E-state index is 11.7. The molecule has 0 radical (unpaired) electrons. The Morgan fingerprint density at radius 3 is 2.63 bits per heavy atom. The molecule has 0 bridgehead atoms. The van der Waals surface area contributed by atoms with Gasteiger partial charge in [-0.2, -0.15) is 0 Å². The Morgan fingerprint density at radius 1 is 1.37 bits per heavy atom. The van der Waals surface area contributed by atoms with Crippen molar-refractivity contribution in [1.29, 1.82) is 0 Å². The lowest BCUT2D eigenvalue weighted by molar-refractivity contribution is 0.0694. The van der Waals surface area contributed by atoms with Crippen molar-refractivity contribution in [1.82, 2.24) is 9.55 Å². The zero-order chi connectivity index (χ0) is 14.2. The number of carbonyl (C=O) groups is 1. The first-order valence-electron chi connectivity index (χ1n) is 5.26. The van der Waals surface area contributed by atoms with Crippen LogP contribution in [0, 0.1) is 6.92 Å². The van der Waals surface area contributed by atoms with Crippen LogP contribution in [-0.2, 0) is 0 Å². The van der Waals surface area contributed by atoms with Crippen molar-refractivity contribution >= 4 is 17.6 Å². The van der Waals surface area contributed by atoms with Gasteiger partial charge in [-0.3, -0.25) is 14.3 Å². The number of H-pyrrole nitrogens is 1. The van der Waals surface area contributed by atoms with E-state index >= 15 is 0 Å². The standard InChI is InChI=1S/C12H9ClN2O4/c1-6-2-3-9(8(13)4-6)15-5-7(11(17)18)10(16)14-12(15)19/h2-5H,1H3,(H,17,18)(H,14,16,19). The van der Waals surface area contributed by atoms with E-state index in [9.17, 15) is 14.4 Å². The van der Waals surface area contributed by atoms with Gasteiger partial charge in [0.05, 0.1) is 10.7 Å². The number of benzene rings is 1. The molecule has 6 nitrogen and oxygen atoms in total. The number of nitrogens with one attached hydrogen (secondary N) is 1. The molecular weight excluding hydrogens is 272 g/mol. The second-order valence-electron chi connectivity index (χ2n) is 3.93. The number of hydrogen-bond donors (Lipinski definition) is 2. The molecule has 19 heavy (non-hydrogen) atoms. The number of aryl methyl sites for hydroxylation is 1. The van der Waals surface area contributed by atoms with Crippen molar-refractivity contribution in [2.45, 2.75) is 6.92 Å². The van der Waals surface area contributed by atoms with Crippen molar-refractivity contribution < 1.29 is 9.90 Å². The summed E-state index contributed by atoms with van der Waals surface area (Å²) in [4.78, 5) is 35.9. The third-order valence-electron chi connectivity index (χ3n) is 2.54. The molecule has 1 aromatic carbocycles. The Kier molecular flexibility index (Phi) is 3.26. The van der Waals surface area contributed by atoms with Crippen LogP contribution >= 0.6 is 11.6 Å². The predicted octanol–water partition coefficient (Wildman–Crippen LogP) is 1.19. The zero-order valence-electron chi connectivity index (χ0n) is 9.81. The van der Waals surface area contributed by atoms with Gasteiger partial charge in [0.15, 0.2) is 0 Å². The molecule has 2 N–H and O–H groups in total. The molecule has 7 heteroatoms. The molecule has 0 spiro atoms. The summed E-state index contributed by atoms with van der Waals surface area (Å²) < 4.78 is 0.993. The van der Waals surface area contributed by atoms with E-state index in [1.165, 1.54) is 0 Å². The molecule has 0 saturated carbocycles. The highest BCUT2D eigenvalue weighted by Gasteiger charge is 2.13. The van der Waals surface area contributed by atoms with Gasteiger partial charge in [-0.05, 0) is 24.6 Å². The van der Waals surface area contributed by atoms with Gasteiger partial charge in [-0.25, -0.2) is 9.59 Å². The van der Waals surface area contributed by atoms with E-state index in [2.05, 4.69) is 0 Å². The summed E-state index contributed by atoms with van der Waals surface area (Å²) in [7, 11) is 0. The van der Waals surface area contributed by atoms with Crippen LogP contribution in [0.4, 0.5) is 0 Å². The molecule has 0 unspecified atom stereocenters. The number of halogens is 1. The van der Waals surface area contributed by atoms with E-state index in [1.807, 2.05) is 11.9 Å². The molecule has 0 amide bonds. The van der Waals surface area contributed by atoms with Gasteiger partial charge < -0.3 is 5.11 Å². The monoisotopic (exact) mass is 280 g/mol. The Hall–Kier alpha value is -2.34. The van der Waals surface area contributed by atoms with Crippen LogP contribution < -0.4 is 11.2 Å². The van der Waals surface area contributed by atoms with Gasteiger partial charge in [0, 0.05) is 6.20 Å². The van der Waals surface area contributed by atoms with Crippen LogP contribution in [0.3, 0.4) is 0 Å². The van der Waals surface area contributed by atoms with E-state index in [4.69, 9.17) is 16.7 Å². The minimum atomic E-state index is -1.42. The number of carboxylic acid groups (broad SMARTS) is 1. The molecule has 0 aliphatic heterocycles. The summed E-state index contributed by atoms with van der Waals surface area (Å²) in [6, 6.07) is 4.93. The Labute approximate surface area is 111 Å². The minimum absolute atomic E-state index is 0.283. The van der Waals surface area contributed by atoms with E-state index in [0.29, 0.717) is 5.69 Å². The van der Waals surface area contributed by atoms with Crippen LogP contribution in [0.15, 0.2) is 34.0 Å². The molecule has 2 rings (SSSR count). The van der Waals surface area contributed by atoms with Crippen molar-refractivity contribution in [3.8, 4) is 5.69 Å². The summed E-state index contributed by atoms with van der Waals surface area (Å²) in [6.07, 6.45) is 0.958. The highest BCUT2D eigenvalue weighted by atomic mass is 35.5. The molecule has 0 saturated heterocycles. The molecule has 0 aliphatic rings. The summed E-state index contributed by atoms with van der Waals surface area (Å²) in [5.41, 5.74) is -1.03. The molecule has 2 aromatic rings. The van der Waals surface area contributed by atoms with E-state index < -0.39 is 22.8 Å². The van der Waals surface area contributed by atoms with Crippen molar-refractivity contribution in [2.24, 2.45) is 0 Å². The number of aromatic nitrogens is 2. The van der Waals surface area contributed by atoms with Gasteiger partial charge in [-0.1, -0.05) is 17.7 Å². The Balaban J connectivity index is 2.75. The largest absolute Gasteiger partial charge is 0.477 e. The Morgan fingerprint density at radius 2 is 2.05 bits per heavy atom. The van der Waals surface area contributed by atoms with Gasteiger partial charge in [0.1, 0.15) is 5.56 Å². The van der Waals surface area contributed by atoms with E-state index in [1.54, 1.807) is 18.2 Å². The fourth-order valence-corrected chi connectivity index (χ4v) is 1.94. The number of aromatic amines is 1. The summed E-state index contributed by atoms with van der Waals surface area (Å²) in [6.45, 7) is 1.83. The lowest BCUT2D eigenvalue weighted by Gasteiger charge is -2.08. The zero-order valence-corrected chi connectivity index (χ0v) is 10.6. The first kappa shape index (κ1) is 13.1. The van der Waals surface area contributed by atoms with Gasteiger partial charge >= 0.3 is 11.7 Å².